The van der Waals surface area contributed by atoms with Crippen molar-refractivity contribution in [2.75, 3.05) is 28.4 Å². The minimum absolute atomic E-state index is 0.0420. The fourth-order valence-corrected chi connectivity index (χ4v) is 4.08. The van der Waals surface area contributed by atoms with E-state index in [1.165, 1.54) is 17.7 Å². The molecule has 4 aromatic rings. The second kappa shape index (κ2) is 25.8. The molecule has 1 fully saturated rings. The highest BCUT2D eigenvalue weighted by Gasteiger charge is 2.29. The predicted molar refractivity (Wildman–Crippen MR) is 189 cm³/mol. The first-order valence-corrected chi connectivity index (χ1v) is 15.5. The summed E-state index contributed by atoms with van der Waals surface area (Å²) in [7, 11) is 6.50. The van der Waals surface area contributed by atoms with E-state index < -0.39 is 6.10 Å². The molecule has 0 bridgehead atoms. The largest absolute Gasteiger partial charge is 0.489 e. The highest BCUT2D eigenvalue weighted by Crippen LogP contribution is 2.35. The lowest BCUT2D eigenvalue weighted by Crippen LogP contribution is -2.41. The van der Waals surface area contributed by atoms with Crippen molar-refractivity contribution in [2.24, 2.45) is 0 Å². The molecular formula is C39H52FNO6. The maximum absolute atomic E-state index is 12.4. The van der Waals surface area contributed by atoms with E-state index in [-0.39, 0.29) is 17.8 Å². The van der Waals surface area contributed by atoms with Crippen molar-refractivity contribution in [3.05, 3.63) is 125 Å². The zero-order chi connectivity index (χ0) is 35.6. The Morgan fingerprint density at radius 3 is 1.85 bits per heavy atom. The molecule has 47 heavy (non-hydrogen) atoms. The van der Waals surface area contributed by atoms with E-state index in [0.29, 0.717) is 19.4 Å². The van der Waals surface area contributed by atoms with E-state index in [4.69, 9.17) is 9.53 Å². The Kier molecular flexibility index (Phi) is 23.4. The van der Waals surface area contributed by atoms with Crippen LogP contribution in [0.3, 0.4) is 0 Å². The highest BCUT2D eigenvalue weighted by molar-refractivity contribution is 5.84. The van der Waals surface area contributed by atoms with Crippen LogP contribution in [0.15, 0.2) is 97.1 Å². The van der Waals surface area contributed by atoms with Gasteiger partial charge in [0.1, 0.15) is 25.0 Å². The van der Waals surface area contributed by atoms with Gasteiger partial charge in [-0.25, -0.2) is 4.39 Å². The SMILES string of the molecule is C=O.CC.CCC(O)c1ccc(F)cc1.COC.COC.Cc1ccc(-c2ccc(C3CC(=O)N3)c(OCc3ccccc3)c2)cc1. The summed E-state index contributed by atoms with van der Waals surface area (Å²) in [5.41, 5.74) is 6.44. The highest BCUT2D eigenvalue weighted by atomic mass is 19.1. The van der Waals surface area contributed by atoms with Crippen LogP contribution in [0.5, 0.6) is 5.75 Å². The Hall–Kier alpha value is -4.37. The molecule has 1 aliphatic rings. The van der Waals surface area contributed by atoms with Crippen molar-refractivity contribution < 1.29 is 33.3 Å². The summed E-state index contributed by atoms with van der Waals surface area (Å²) in [6.45, 7) is 10.5. The average Bonchev–Trinajstić information content (AvgIpc) is 3.09. The Bertz CT molecular complexity index is 1350. The lowest BCUT2D eigenvalue weighted by atomic mass is 9.93. The second-order valence-corrected chi connectivity index (χ2v) is 10.0. The van der Waals surface area contributed by atoms with Gasteiger partial charge in [-0.1, -0.05) is 105 Å². The van der Waals surface area contributed by atoms with Crippen molar-refractivity contribution >= 4 is 12.7 Å². The number of carbonyl (C=O) groups excluding carboxylic acids is 2. The standard InChI is InChI=1S/C23H21NO2.C9H11FO.2C2H6O.C2H6.CH2O/c1-16-7-9-18(10-8-16)19-11-12-20(21-14-23(25)24-21)22(13-19)26-15-17-5-3-2-4-6-17;1-2-9(11)7-3-5-8(10)6-4-7;2*1-3-2;2*1-2/h2-13,21H,14-15H2,1H3,(H,24,25);3-6,9,11H,2H2,1H3;2*1-2H3;1-2H3;1H2. The molecule has 5 rings (SSSR count). The summed E-state index contributed by atoms with van der Waals surface area (Å²) in [5.74, 6) is 0.653. The van der Waals surface area contributed by atoms with E-state index in [2.05, 4.69) is 76.3 Å². The molecule has 8 heteroatoms. The number of hydrogen-bond donors (Lipinski definition) is 2. The number of carbonyl (C=O) groups is 2. The quantitative estimate of drug-likeness (QED) is 0.195. The molecule has 1 aliphatic heterocycles. The van der Waals surface area contributed by atoms with E-state index in [1.807, 2.05) is 45.8 Å². The first-order chi connectivity index (χ1) is 22.8. The average molecular weight is 650 g/mol. The van der Waals surface area contributed by atoms with Crippen molar-refractivity contribution in [2.45, 2.75) is 59.3 Å². The first kappa shape index (κ1) is 42.6. The van der Waals surface area contributed by atoms with Crippen molar-refractivity contribution in [1.82, 2.24) is 5.32 Å². The van der Waals surface area contributed by atoms with Crippen molar-refractivity contribution in [3.63, 3.8) is 0 Å². The van der Waals surface area contributed by atoms with E-state index in [0.717, 1.165) is 33.6 Å². The van der Waals surface area contributed by atoms with Gasteiger partial charge in [-0.15, -0.1) is 0 Å². The molecule has 1 saturated heterocycles. The fraction of sp³-hybridized carbons (Fsp3) is 0.333. The lowest BCUT2D eigenvalue weighted by Gasteiger charge is -2.29. The molecule has 0 aliphatic carbocycles. The minimum Gasteiger partial charge on any atom is -0.489 e. The Morgan fingerprint density at radius 2 is 1.36 bits per heavy atom. The van der Waals surface area contributed by atoms with Gasteiger partial charge in [-0.3, -0.25) is 4.79 Å². The first-order valence-electron chi connectivity index (χ1n) is 15.5. The van der Waals surface area contributed by atoms with Gasteiger partial charge in [-0.2, -0.15) is 0 Å². The number of aliphatic hydroxyl groups is 1. The normalized spacial score (nSPS) is 12.8. The number of methoxy groups -OCH3 is 2. The third kappa shape index (κ3) is 16.1. The predicted octanol–water partition coefficient (Wildman–Crippen LogP) is 8.44. The van der Waals surface area contributed by atoms with Crippen LogP contribution in [-0.2, 0) is 25.7 Å². The van der Waals surface area contributed by atoms with E-state index in [9.17, 15) is 14.3 Å². The molecule has 0 saturated carbocycles. The molecule has 2 unspecified atom stereocenters. The maximum atomic E-state index is 12.4. The molecule has 1 heterocycles. The number of halogens is 1. The molecule has 2 N–H and O–H groups in total. The number of benzene rings is 4. The van der Waals surface area contributed by atoms with Gasteiger partial charge < -0.3 is 29.4 Å². The molecular weight excluding hydrogens is 597 g/mol. The summed E-state index contributed by atoms with van der Waals surface area (Å²) < 4.78 is 27.0. The molecule has 2 atom stereocenters. The summed E-state index contributed by atoms with van der Waals surface area (Å²) >= 11 is 0. The number of aryl methyl sites for hydroxylation is 1. The van der Waals surface area contributed by atoms with Crippen LogP contribution < -0.4 is 10.1 Å². The van der Waals surface area contributed by atoms with Gasteiger partial charge in [0.25, 0.3) is 0 Å². The smallest absolute Gasteiger partial charge is 0.222 e. The Labute approximate surface area is 280 Å². The number of aliphatic hydroxyl groups excluding tert-OH is 1. The van der Waals surface area contributed by atoms with Crippen LogP contribution in [0.25, 0.3) is 11.1 Å². The molecule has 256 valence electrons. The summed E-state index contributed by atoms with van der Waals surface area (Å²) in [5, 5.41) is 12.2. The van der Waals surface area contributed by atoms with Crippen molar-refractivity contribution in [3.8, 4) is 16.9 Å². The zero-order valence-electron chi connectivity index (χ0n) is 29.1. The molecule has 7 nitrogen and oxygen atoms in total. The Morgan fingerprint density at radius 1 is 0.851 bits per heavy atom. The van der Waals surface area contributed by atoms with Gasteiger partial charge >= 0.3 is 0 Å². The van der Waals surface area contributed by atoms with Gasteiger partial charge in [0, 0.05) is 34.0 Å². The van der Waals surface area contributed by atoms with Crippen LogP contribution in [0.1, 0.15) is 68.0 Å². The maximum Gasteiger partial charge on any atom is 0.222 e. The van der Waals surface area contributed by atoms with Crippen LogP contribution in [0, 0.1) is 12.7 Å². The van der Waals surface area contributed by atoms with Crippen LogP contribution in [0.2, 0.25) is 0 Å². The van der Waals surface area contributed by atoms with Crippen LogP contribution in [0.4, 0.5) is 4.39 Å². The monoisotopic (exact) mass is 649 g/mol. The molecule has 0 spiro atoms. The lowest BCUT2D eigenvalue weighted by molar-refractivity contribution is -0.128. The Balaban J connectivity index is 0.000000838. The third-order valence-electron chi connectivity index (χ3n) is 6.38. The number of rotatable bonds is 7. The molecule has 1 amide bonds. The van der Waals surface area contributed by atoms with Gasteiger partial charge in [0.05, 0.1) is 18.6 Å². The fourth-order valence-electron chi connectivity index (χ4n) is 4.08. The number of β-lactam (4-membered cyclic amide) rings is 1. The number of nitrogens with one attached hydrogen (secondary N) is 1. The second-order valence-electron chi connectivity index (χ2n) is 10.0. The van der Waals surface area contributed by atoms with E-state index >= 15 is 0 Å². The number of hydrogen-bond acceptors (Lipinski definition) is 6. The minimum atomic E-state index is -0.462. The zero-order valence-corrected chi connectivity index (χ0v) is 29.1. The number of ether oxygens (including phenoxy) is 3. The van der Waals surface area contributed by atoms with E-state index in [1.54, 1.807) is 40.6 Å². The third-order valence-corrected chi connectivity index (χ3v) is 6.38. The van der Waals surface area contributed by atoms with Crippen molar-refractivity contribution in [1.29, 1.82) is 0 Å². The topological polar surface area (TPSA) is 94.1 Å². The van der Waals surface area contributed by atoms with Crippen LogP contribution >= 0.6 is 0 Å². The van der Waals surface area contributed by atoms with Gasteiger partial charge in [0.15, 0.2) is 0 Å². The summed E-state index contributed by atoms with van der Waals surface area (Å²) in [6.07, 6.45) is 0.715. The van der Waals surface area contributed by atoms with Gasteiger partial charge in [-0.05, 0) is 53.8 Å². The summed E-state index contributed by atoms with van der Waals surface area (Å²) in [4.78, 5) is 19.3. The molecule has 0 aromatic heterocycles. The number of amides is 1. The summed E-state index contributed by atoms with van der Waals surface area (Å²) in [6, 6.07) is 30.8. The van der Waals surface area contributed by atoms with Crippen LogP contribution in [-0.4, -0.2) is 46.2 Å². The molecule has 4 aromatic carbocycles. The van der Waals surface area contributed by atoms with Gasteiger partial charge in [0.2, 0.25) is 5.91 Å². The molecule has 0 radical (unpaired) electrons.